The molecule has 0 saturated carbocycles. The minimum atomic E-state index is -3.71. The molecule has 0 aliphatic heterocycles. The summed E-state index contributed by atoms with van der Waals surface area (Å²) in [5.74, 6) is -0.195. The summed E-state index contributed by atoms with van der Waals surface area (Å²) >= 11 is 5.26. The Morgan fingerprint density at radius 3 is 2.66 bits per heavy atom. The average Bonchev–Trinajstić information content (AvgIpc) is 3.37. The van der Waals surface area contributed by atoms with Crippen molar-refractivity contribution < 1.29 is 18.0 Å². The van der Waals surface area contributed by atoms with Crippen LogP contribution in [0.25, 0.3) is 17.1 Å². The number of furan rings is 1. The second-order valence-corrected chi connectivity index (χ2v) is 6.77. The lowest BCUT2D eigenvalue weighted by Gasteiger charge is -2.11. The molecule has 0 spiro atoms. The van der Waals surface area contributed by atoms with E-state index in [2.05, 4.69) is 15.4 Å². The molecule has 0 aliphatic carbocycles. The number of alkyl halides is 3. The largest absolute Gasteiger partial charge is 0.463 e. The Morgan fingerprint density at radius 2 is 1.97 bits per heavy atom. The summed E-state index contributed by atoms with van der Waals surface area (Å²) in [6.07, 6.45) is 2.04. The maximum atomic E-state index is 14.0. The first-order valence-electron chi connectivity index (χ1n) is 8.76. The number of carbonyl (C=O) groups is 1. The average molecular weight is 417 g/mol. The van der Waals surface area contributed by atoms with Gasteiger partial charge in [0.1, 0.15) is 11.4 Å². The Labute approximate surface area is 169 Å². The molecular weight excluding hydrogens is 402 g/mol. The third-order valence-electron chi connectivity index (χ3n) is 4.27. The van der Waals surface area contributed by atoms with Crippen LogP contribution in [0.2, 0.25) is 0 Å². The van der Waals surface area contributed by atoms with Gasteiger partial charge in [0.25, 0.3) is 5.91 Å². The van der Waals surface area contributed by atoms with Crippen LogP contribution in [0.4, 0.5) is 8.78 Å². The topological polar surface area (TPSA) is 72.4 Å². The third kappa shape index (κ3) is 4.12. The van der Waals surface area contributed by atoms with E-state index in [-0.39, 0.29) is 17.0 Å². The molecular formula is C20H15ClF2N4O2. The first-order valence-corrected chi connectivity index (χ1v) is 9.13. The lowest BCUT2D eigenvalue weighted by molar-refractivity contribution is 0.0866. The van der Waals surface area contributed by atoms with Gasteiger partial charge in [0.2, 0.25) is 0 Å². The first-order chi connectivity index (χ1) is 13.9. The molecule has 3 heterocycles. The van der Waals surface area contributed by atoms with E-state index in [0.717, 1.165) is 16.1 Å². The van der Waals surface area contributed by atoms with Gasteiger partial charge in [-0.3, -0.25) is 4.79 Å². The highest BCUT2D eigenvalue weighted by molar-refractivity contribution is 6.21. The van der Waals surface area contributed by atoms with E-state index in [1.165, 1.54) is 12.3 Å². The molecule has 4 aromatic rings. The highest BCUT2D eigenvalue weighted by atomic mass is 35.5. The minimum absolute atomic E-state index is 0.0377. The number of amides is 1. The van der Waals surface area contributed by atoms with Gasteiger partial charge in [-0.2, -0.15) is 13.9 Å². The number of aromatic nitrogens is 3. The van der Waals surface area contributed by atoms with E-state index in [4.69, 9.17) is 16.0 Å². The highest BCUT2D eigenvalue weighted by Gasteiger charge is 2.33. The van der Waals surface area contributed by atoms with Crippen molar-refractivity contribution in [1.82, 2.24) is 19.9 Å². The van der Waals surface area contributed by atoms with E-state index < -0.39 is 17.0 Å². The van der Waals surface area contributed by atoms with Crippen molar-refractivity contribution in [2.24, 2.45) is 0 Å². The van der Waals surface area contributed by atoms with E-state index in [0.29, 0.717) is 18.7 Å². The Hall–Kier alpha value is -3.26. The van der Waals surface area contributed by atoms with Gasteiger partial charge in [0.05, 0.1) is 6.26 Å². The summed E-state index contributed by atoms with van der Waals surface area (Å²) in [5.41, 5.74) is 0.635. The van der Waals surface area contributed by atoms with Gasteiger partial charge in [-0.15, -0.1) is 0 Å². The van der Waals surface area contributed by atoms with Crippen LogP contribution in [0.15, 0.2) is 65.3 Å². The molecule has 0 bridgehead atoms. The molecule has 0 aliphatic rings. The highest BCUT2D eigenvalue weighted by Crippen LogP contribution is 2.34. The molecule has 9 heteroatoms. The Bertz CT molecular complexity index is 1140. The summed E-state index contributed by atoms with van der Waals surface area (Å²) in [7, 11) is 0. The normalized spacial score (nSPS) is 11.7. The molecule has 1 N–H and O–H groups in total. The van der Waals surface area contributed by atoms with Crippen molar-refractivity contribution in [3.63, 3.8) is 0 Å². The van der Waals surface area contributed by atoms with Gasteiger partial charge in [0, 0.05) is 12.6 Å². The predicted octanol–water partition coefficient (Wildman–Crippen LogP) is 4.25. The molecule has 6 nitrogen and oxygen atoms in total. The first kappa shape index (κ1) is 19.1. The van der Waals surface area contributed by atoms with Gasteiger partial charge in [-0.05, 0) is 41.8 Å². The summed E-state index contributed by atoms with van der Waals surface area (Å²) in [6, 6.07) is 15.2. The zero-order valence-electron chi connectivity index (χ0n) is 15.0. The monoisotopic (exact) mass is 416 g/mol. The molecule has 29 heavy (non-hydrogen) atoms. The zero-order valence-corrected chi connectivity index (χ0v) is 15.7. The van der Waals surface area contributed by atoms with E-state index in [9.17, 15) is 13.6 Å². The fourth-order valence-corrected chi connectivity index (χ4v) is 3.03. The summed E-state index contributed by atoms with van der Waals surface area (Å²) < 4.78 is 34.0. The molecule has 0 unspecified atom stereocenters. The number of nitrogens with zero attached hydrogens (tertiary/aromatic N) is 3. The lowest BCUT2D eigenvalue weighted by Crippen LogP contribution is -2.26. The summed E-state index contributed by atoms with van der Waals surface area (Å²) in [6.45, 7) is 0.375. The third-order valence-corrected chi connectivity index (χ3v) is 4.46. The Balaban J connectivity index is 1.61. The Morgan fingerprint density at radius 1 is 1.17 bits per heavy atom. The van der Waals surface area contributed by atoms with Crippen LogP contribution in [-0.2, 0) is 11.8 Å². The standard InChI is InChI=1S/C20H15ClF2N4O2/c21-20(22,23)17-11-14(16-7-4-10-29-16)25-18-12-15(26-27(17)18)19(28)24-9-8-13-5-2-1-3-6-13/h1-7,10-12H,8-9H2,(H,24,28). The van der Waals surface area contributed by atoms with Crippen LogP contribution >= 0.6 is 11.6 Å². The maximum Gasteiger partial charge on any atom is 0.364 e. The molecule has 4 rings (SSSR count). The zero-order chi connectivity index (χ0) is 20.4. The number of hydrogen-bond donors (Lipinski definition) is 1. The molecule has 0 radical (unpaired) electrons. The van der Waals surface area contributed by atoms with Crippen molar-refractivity contribution in [2.45, 2.75) is 11.8 Å². The smallest absolute Gasteiger partial charge is 0.364 e. The SMILES string of the molecule is O=C(NCCc1ccccc1)c1cc2nc(-c3ccco3)cc(C(F)(F)Cl)n2n1. The van der Waals surface area contributed by atoms with Gasteiger partial charge in [-0.25, -0.2) is 9.50 Å². The van der Waals surface area contributed by atoms with Crippen LogP contribution < -0.4 is 5.32 Å². The van der Waals surface area contributed by atoms with Gasteiger partial charge < -0.3 is 9.73 Å². The van der Waals surface area contributed by atoms with Crippen LogP contribution in [-0.4, -0.2) is 27.0 Å². The number of hydrogen-bond acceptors (Lipinski definition) is 4. The number of nitrogens with one attached hydrogen (secondary N) is 1. The second-order valence-electron chi connectivity index (χ2n) is 6.29. The van der Waals surface area contributed by atoms with E-state index in [1.807, 2.05) is 30.3 Å². The van der Waals surface area contributed by atoms with Crippen molar-refractivity contribution in [3.05, 3.63) is 77.8 Å². The fourth-order valence-electron chi connectivity index (χ4n) is 2.89. The van der Waals surface area contributed by atoms with Crippen molar-refractivity contribution in [3.8, 4) is 11.5 Å². The molecule has 148 valence electrons. The van der Waals surface area contributed by atoms with Crippen molar-refractivity contribution in [2.75, 3.05) is 6.54 Å². The van der Waals surface area contributed by atoms with Gasteiger partial charge >= 0.3 is 5.38 Å². The van der Waals surface area contributed by atoms with Gasteiger partial charge in [-0.1, -0.05) is 30.3 Å². The predicted molar refractivity (Wildman–Crippen MR) is 103 cm³/mol. The second kappa shape index (κ2) is 7.63. The van der Waals surface area contributed by atoms with E-state index in [1.54, 1.807) is 12.1 Å². The number of benzene rings is 1. The number of halogens is 3. The number of carbonyl (C=O) groups excluding carboxylic acids is 1. The van der Waals surface area contributed by atoms with Gasteiger partial charge in [0.15, 0.2) is 17.1 Å². The Kier molecular flexibility index (Phi) is 5.02. The lowest BCUT2D eigenvalue weighted by atomic mass is 10.1. The van der Waals surface area contributed by atoms with Crippen LogP contribution in [0.1, 0.15) is 21.7 Å². The minimum Gasteiger partial charge on any atom is -0.463 e. The van der Waals surface area contributed by atoms with Crippen molar-refractivity contribution in [1.29, 1.82) is 0 Å². The molecule has 0 atom stereocenters. The molecule has 3 aromatic heterocycles. The number of fused-ring (bicyclic) bond motifs is 1. The van der Waals surface area contributed by atoms with E-state index >= 15 is 0 Å². The molecule has 0 fully saturated rings. The molecule has 1 aromatic carbocycles. The van der Waals surface area contributed by atoms with Crippen LogP contribution in [0.3, 0.4) is 0 Å². The van der Waals surface area contributed by atoms with Crippen LogP contribution in [0.5, 0.6) is 0 Å². The quantitative estimate of drug-likeness (QED) is 0.477. The van der Waals surface area contributed by atoms with Crippen LogP contribution in [0, 0.1) is 0 Å². The molecule has 1 amide bonds. The summed E-state index contributed by atoms with van der Waals surface area (Å²) in [4.78, 5) is 16.7. The number of rotatable bonds is 6. The molecule has 0 saturated heterocycles. The fraction of sp³-hybridized carbons (Fsp3) is 0.150. The van der Waals surface area contributed by atoms with Crippen molar-refractivity contribution >= 4 is 23.2 Å². The maximum absolute atomic E-state index is 14.0. The summed E-state index contributed by atoms with van der Waals surface area (Å²) in [5, 5.41) is 2.99.